The van der Waals surface area contributed by atoms with Crippen LogP contribution in [0, 0.1) is 0 Å². The fourth-order valence-electron chi connectivity index (χ4n) is 2.43. The first-order chi connectivity index (χ1) is 5.77. The molecule has 0 aromatic heterocycles. The van der Waals surface area contributed by atoms with Crippen LogP contribution in [0.2, 0.25) is 0 Å². The van der Waals surface area contributed by atoms with E-state index in [1.165, 1.54) is 6.42 Å². The second kappa shape index (κ2) is 2.73. The predicted octanol–water partition coefficient (Wildman–Crippen LogP) is 0.407. The van der Waals surface area contributed by atoms with Crippen LogP contribution in [-0.4, -0.2) is 24.5 Å². The van der Waals surface area contributed by atoms with Crippen LogP contribution in [0.3, 0.4) is 0 Å². The molecule has 1 atom stereocenters. The zero-order valence-electron chi connectivity index (χ0n) is 7.52. The second-order valence-corrected chi connectivity index (χ2v) is 3.94. The number of amides is 1. The minimum absolute atomic E-state index is 0.129. The highest BCUT2D eigenvalue weighted by atomic mass is 16.1. The van der Waals surface area contributed by atoms with Gasteiger partial charge >= 0.3 is 0 Å². The van der Waals surface area contributed by atoms with Crippen LogP contribution in [0.15, 0.2) is 0 Å². The van der Waals surface area contributed by atoms with E-state index in [1.807, 2.05) is 7.05 Å². The van der Waals surface area contributed by atoms with Crippen molar-refractivity contribution in [2.24, 2.45) is 0 Å². The third-order valence-electron chi connectivity index (χ3n) is 3.31. The SMILES string of the molecule is CNC1CCC(=O)NC12CCC2. The van der Waals surface area contributed by atoms with Crippen molar-refractivity contribution in [3.05, 3.63) is 0 Å². The fourth-order valence-corrected chi connectivity index (χ4v) is 2.43. The van der Waals surface area contributed by atoms with Gasteiger partial charge < -0.3 is 10.6 Å². The molecule has 0 aromatic rings. The number of hydrogen-bond acceptors (Lipinski definition) is 2. The van der Waals surface area contributed by atoms with E-state index in [4.69, 9.17) is 0 Å². The van der Waals surface area contributed by atoms with Crippen molar-refractivity contribution in [3.63, 3.8) is 0 Å². The summed E-state index contributed by atoms with van der Waals surface area (Å²) in [5.41, 5.74) is 0.129. The van der Waals surface area contributed by atoms with Gasteiger partial charge in [0.15, 0.2) is 0 Å². The van der Waals surface area contributed by atoms with Crippen molar-refractivity contribution >= 4 is 5.91 Å². The molecule has 1 saturated carbocycles. The average Bonchev–Trinajstić information content (AvgIpc) is 2.01. The Bertz CT molecular complexity index is 199. The second-order valence-electron chi connectivity index (χ2n) is 3.94. The zero-order chi connectivity index (χ0) is 8.60. The fraction of sp³-hybridized carbons (Fsp3) is 0.889. The van der Waals surface area contributed by atoms with E-state index in [1.54, 1.807) is 0 Å². The summed E-state index contributed by atoms with van der Waals surface area (Å²) >= 11 is 0. The predicted molar refractivity (Wildman–Crippen MR) is 46.8 cm³/mol. The van der Waals surface area contributed by atoms with Gasteiger partial charge in [0.05, 0.1) is 5.54 Å². The Hall–Kier alpha value is -0.570. The Labute approximate surface area is 72.9 Å². The van der Waals surface area contributed by atoms with Gasteiger partial charge in [0, 0.05) is 12.5 Å². The van der Waals surface area contributed by atoms with E-state index in [0.29, 0.717) is 12.5 Å². The van der Waals surface area contributed by atoms with E-state index in [9.17, 15) is 4.79 Å². The van der Waals surface area contributed by atoms with Gasteiger partial charge in [0.2, 0.25) is 5.91 Å². The average molecular weight is 168 g/mol. The molecule has 2 rings (SSSR count). The third-order valence-corrected chi connectivity index (χ3v) is 3.31. The zero-order valence-corrected chi connectivity index (χ0v) is 7.52. The number of carbonyl (C=O) groups is 1. The van der Waals surface area contributed by atoms with E-state index < -0.39 is 0 Å². The summed E-state index contributed by atoms with van der Waals surface area (Å²) in [5, 5.41) is 6.43. The number of piperidine rings is 1. The summed E-state index contributed by atoms with van der Waals surface area (Å²) in [4.78, 5) is 11.2. The molecule has 1 saturated heterocycles. The normalized spacial score (nSPS) is 32.8. The summed E-state index contributed by atoms with van der Waals surface area (Å²) in [7, 11) is 1.99. The summed E-state index contributed by atoms with van der Waals surface area (Å²) in [6.45, 7) is 0. The molecule has 0 bridgehead atoms. The molecule has 1 unspecified atom stereocenters. The lowest BCUT2D eigenvalue weighted by molar-refractivity contribution is -0.127. The van der Waals surface area contributed by atoms with Gasteiger partial charge in [-0.25, -0.2) is 0 Å². The number of rotatable bonds is 1. The van der Waals surface area contributed by atoms with E-state index in [0.717, 1.165) is 19.3 Å². The molecule has 2 aliphatic rings. The molecule has 68 valence electrons. The smallest absolute Gasteiger partial charge is 0.220 e. The Balaban J connectivity index is 2.09. The Morgan fingerprint density at radius 2 is 2.33 bits per heavy atom. The first-order valence-electron chi connectivity index (χ1n) is 4.75. The van der Waals surface area contributed by atoms with Crippen LogP contribution in [-0.2, 0) is 4.79 Å². The van der Waals surface area contributed by atoms with Crippen LogP contribution in [0.25, 0.3) is 0 Å². The highest BCUT2D eigenvalue weighted by molar-refractivity contribution is 5.78. The first kappa shape index (κ1) is 8.05. The molecule has 1 amide bonds. The van der Waals surface area contributed by atoms with Gasteiger partial charge in [-0.15, -0.1) is 0 Å². The summed E-state index contributed by atoms with van der Waals surface area (Å²) in [6.07, 6.45) is 5.27. The standard InChI is InChI=1S/C9H16N2O/c1-10-7-3-4-8(12)11-9(7)5-2-6-9/h7,10H,2-6H2,1H3,(H,11,12). The molecule has 1 heterocycles. The van der Waals surface area contributed by atoms with Gasteiger partial charge in [0.1, 0.15) is 0 Å². The first-order valence-corrected chi connectivity index (χ1v) is 4.75. The van der Waals surface area contributed by atoms with Gasteiger partial charge in [-0.1, -0.05) is 0 Å². The van der Waals surface area contributed by atoms with Gasteiger partial charge in [-0.05, 0) is 32.7 Å². The molecule has 3 heteroatoms. The van der Waals surface area contributed by atoms with Crippen LogP contribution < -0.4 is 10.6 Å². The van der Waals surface area contributed by atoms with Crippen molar-refractivity contribution in [2.75, 3.05) is 7.05 Å². The Morgan fingerprint density at radius 3 is 2.83 bits per heavy atom. The van der Waals surface area contributed by atoms with Gasteiger partial charge in [-0.3, -0.25) is 4.79 Å². The monoisotopic (exact) mass is 168 g/mol. The Morgan fingerprint density at radius 1 is 1.58 bits per heavy atom. The molecule has 2 fully saturated rings. The number of hydrogen-bond donors (Lipinski definition) is 2. The minimum atomic E-state index is 0.129. The molecule has 3 nitrogen and oxygen atoms in total. The Kier molecular flexibility index (Phi) is 1.83. The highest BCUT2D eigenvalue weighted by Gasteiger charge is 2.46. The molecular formula is C9H16N2O. The van der Waals surface area contributed by atoms with E-state index in [2.05, 4.69) is 10.6 Å². The lowest BCUT2D eigenvalue weighted by atomic mass is 9.68. The quantitative estimate of drug-likeness (QED) is 0.595. The van der Waals surface area contributed by atoms with Crippen LogP contribution in [0.5, 0.6) is 0 Å². The van der Waals surface area contributed by atoms with Gasteiger partial charge in [-0.2, -0.15) is 0 Å². The largest absolute Gasteiger partial charge is 0.349 e. The maximum absolute atomic E-state index is 11.2. The number of nitrogens with one attached hydrogen (secondary N) is 2. The minimum Gasteiger partial charge on any atom is -0.349 e. The maximum atomic E-state index is 11.2. The van der Waals surface area contributed by atoms with Gasteiger partial charge in [0.25, 0.3) is 0 Å². The van der Waals surface area contributed by atoms with Crippen molar-refractivity contribution in [2.45, 2.75) is 43.7 Å². The molecule has 1 spiro atoms. The summed E-state index contributed by atoms with van der Waals surface area (Å²) < 4.78 is 0. The topological polar surface area (TPSA) is 41.1 Å². The molecular weight excluding hydrogens is 152 g/mol. The van der Waals surface area contributed by atoms with E-state index >= 15 is 0 Å². The lowest BCUT2D eigenvalue weighted by Crippen LogP contribution is -2.67. The molecule has 12 heavy (non-hydrogen) atoms. The number of carbonyl (C=O) groups excluding carboxylic acids is 1. The van der Waals surface area contributed by atoms with Crippen molar-refractivity contribution in [3.8, 4) is 0 Å². The maximum Gasteiger partial charge on any atom is 0.220 e. The third kappa shape index (κ3) is 1.04. The van der Waals surface area contributed by atoms with Crippen molar-refractivity contribution < 1.29 is 4.79 Å². The summed E-state index contributed by atoms with van der Waals surface area (Å²) in [5.74, 6) is 0.237. The van der Waals surface area contributed by atoms with Crippen molar-refractivity contribution in [1.82, 2.24) is 10.6 Å². The molecule has 1 aliphatic heterocycles. The van der Waals surface area contributed by atoms with Crippen LogP contribution >= 0.6 is 0 Å². The lowest BCUT2D eigenvalue weighted by Gasteiger charge is -2.50. The highest BCUT2D eigenvalue weighted by Crippen LogP contribution is 2.38. The number of likely N-dealkylation sites (N-methyl/N-ethyl adjacent to an activating group) is 1. The van der Waals surface area contributed by atoms with Crippen molar-refractivity contribution in [1.29, 1.82) is 0 Å². The summed E-state index contributed by atoms with van der Waals surface area (Å²) in [6, 6.07) is 0.504. The molecule has 2 N–H and O–H groups in total. The molecule has 1 aliphatic carbocycles. The van der Waals surface area contributed by atoms with E-state index in [-0.39, 0.29) is 11.4 Å². The van der Waals surface area contributed by atoms with Crippen LogP contribution in [0.1, 0.15) is 32.1 Å². The van der Waals surface area contributed by atoms with Crippen LogP contribution in [0.4, 0.5) is 0 Å². The molecule has 0 aromatic carbocycles. The molecule has 0 radical (unpaired) electrons.